The van der Waals surface area contributed by atoms with E-state index in [0.717, 1.165) is 12.0 Å². The summed E-state index contributed by atoms with van der Waals surface area (Å²) in [4.78, 5) is 45.8. The lowest BCUT2D eigenvalue weighted by Gasteiger charge is -2.43. The molecule has 2 aromatic rings. The van der Waals surface area contributed by atoms with Crippen LogP contribution < -0.4 is 5.32 Å². The lowest BCUT2D eigenvalue weighted by Crippen LogP contribution is -2.55. The second-order valence-electron chi connectivity index (χ2n) is 13.2. The summed E-state index contributed by atoms with van der Waals surface area (Å²) in [6.45, 7) is 14.8. The Labute approximate surface area is 270 Å². The van der Waals surface area contributed by atoms with Crippen molar-refractivity contribution in [3.8, 4) is 0 Å². The number of halogens is 1. The zero-order valence-electron chi connectivity index (χ0n) is 27.0. The van der Waals surface area contributed by atoms with Gasteiger partial charge in [0.15, 0.2) is 0 Å². The number of nitrogens with one attached hydrogen (secondary N) is 1. The second-order valence-corrected chi connectivity index (χ2v) is 14.2. The number of hydrogen-bond donors (Lipinski definition) is 1. The Morgan fingerprint density at radius 1 is 1.23 bits per heavy atom. The Kier molecular flexibility index (Phi) is 12.1. The molecule has 3 atom stereocenters. The molecule has 4 heterocycles. The van der Waals surface area contributed by atoms with E-state index in [9.17, 15) is 9.59 Å². The Hall–Kier alpha value is -2.67. The molecule has 2 aromatic heterocycles. The molecule has 0 spiro atoms. The Morgan fingerprint density at radius 2 is 2.02 bits per heavy atom. The minimum atomic E-state index is -0.273. The minimum Gasteiger partial charge on any atom is -0.385 e. The van der Waals surface area contributed by atoms with Gasteiger partial charge in [-0.2, -0.15) is 0 Å². The molecule has 2 aliphatic rings. The molecular weight excluding hydrogens is 626 g/mol. The molecule has 242 valence electrons. The van der Waals surface area contributed by atoms with Gasteiger partial charge in [0.1, 0.15) is 23.3 Å². The molecule has 2 saturated heterocycles. The van der Waals surface area contributed by atoms with Gasteiger partial charge in [-0.25, -0.2) is 13.9 Å². The van der Waals surface area contributed by atoms with Gasteiger partial charge in [0.05, 0.1) is 19.1 Å². The summed E-state index contributed by atoms with van der Waals surface area (Å²) in [5.74, 6) is 1.13. The van der Waals surface area contributed by atoms with Gasteiger partial charge in [-0.3, -0.25) is 14.6 Å². The third-order valence-corrected chi connectivity index (χ3v) is 8.52. The third-order valence-electron chi connectivity index (χ3n) is 7.94. The number of pyridine rings is 1. The first kappa shape index (κ1) is 34.2. The van der Waals surface area contributed by atoms with E-state index in [2.05, 4.69) is 66.1 Å². The van der Waals surface area contributed by atoms with Gasteiger partial charge in [0.25, 0.3) is 5.91 Å². The lowest BCUT2D eigenvalue weighted by molar-refractivity contribution is -0.145. The zero-order chi connectivity index (χ0) is 31.9. The molecule has 0 aromatic carbocycles. The number of aromatic nitrogens is 3. The molecule has 11 nitrogen and oxygen atoms in total. The molecule has 0 saturated carbocycles. The van der Waals surface area contributed by atoms with Gasteiger partial charge in [0, 0.05) is 98.2 Å². The molecular formula is C32H48BrN7O4. The summed E-state index contributed by atoms with van der Waals surface area (Å²) in [5.41, 5.74) is 1.14. The van der Waals surface area contributed by atoms with E-state index >= 15 is 0 Å². The summed E-state index contributed by atoms with van der Waals surface area (Å²) in [7, 11) is 1.68. The van der Waals surface area contributed by atoms with Crippen LogP contribution in [0.3, 0.4) is 0 Å². The average molecular weight is 675 g/mol. The van der Waals surface area contributed by atoms with Crippen molar-refractivity contribution in [1.29, 1.82) is 0 Å². The van der Waals surface area contributed by atoms with E-state index in [-0.39, 0.29) is 41.2 Å². The number of hydrogen-bond acceptors (Lipinski definition) is 9. The van der Waals surface area contributed by atoms with Crippen molar-refractivity contribution >= 4 is 33.8 Å². The van der Waals surface area contributed by atoms with Gasteiger partial charge in [-0.15, -0.1) is 0 Å². The van der Waals surface area contributed by atoms with Crippen LogP contribution in [-0.2, 0) is 19.7 Å². The minimum absolute atomic E-state index is 0.0895. The first-order valence-electron chi connectivity index (χ1n) is 15.6. The number of ether oxygens (including phenoxy) is 2. The zero-order valence-corrected chi connectivity index (χ0v) is 28.5. The molecule has 2 aliphatic heterocycles. The van der Waals surface area contributed by atoms with Crippen molar-refractivity contribution < 1.29 is 19.1 Å². The largest absolute Gasteiger partial charge is 0.385 e. The van der Waals surface area contributed by atoms with E-state index in [1.165, 1.54) is 0 Å². The standard InChI is InChI=1S/C32H48BrN7O4/c1-22(2)18-40(30(42)26-17-36-31(32(3,4)5)37-28(26)35-11-8-13-43-6)25-15-24(19-39(33)20-25)29(41)38-12-14-44-27(21-38)23-9-7-10-34-16-23/h7,9-10,16-17,22,24-25,27H,8,11-15,18-21H2,1-6H3,(H,35,36,37)/t24-,25+,27?/m1/s1. The maximum Gasteiger partial charge on any atom is 0.259 e. The predicted molar refractivity (Wildman–Crippen MR) is 173 cm³/mol. The Bertz CT molecular complexity index is 1240. The first-order chi connectivity index (χ1) is 21.0. The molecule has 0 bridgehead atoms. The van der Waals surface area contributed by atoms with Crippen molar-refractivity contribution in [2.75, 3.05) is 64.9 Å². The van der Waals surface area contributed by atoms with Gasteiger partial charge in [-0.05, 0) is 24.8 Å². The monoisotopic (exact) mass is 673 g/mol. The average Bonchev–Trinajstić information content (AvgIpc) is 3.01. The normalized spacial score (nSPS) is 21.4. The van der Waals surface area contributed by atoms with Crippen LogP contribution >= 0.6 is 16.1 Å². The molecule has 2 amide bonds. The maximum absolute atomic E-state index is 14.4. The van der Waals surface area contributed by atoms with Gasteiger partial charge >= 0.3 is 0 Å². The summed E-state index contributed by atoms with van der Waals surface area (Å²) in [6.07, 6.45) is 6.34. The van der Waals surface area contributed by atoms with Crippen molar-refractivity contribution in [2.24, 2.45) is 11.8 Å². The van der Waals surface area contributed by atoms with Crippen LogP contribution in [-0.4, -0.2) is 106 Å². The van der Waals surface area contributed by atoms with E-state index in [0.29, 0.717) is 76.1 Å². The van der Waals surface area contributed by atoms with E-state index in [4.69, 9.17) is 14.5 Å². The number of amides is 2. The Balaban J connectivity index is 1.56. The fourth-order valence-corrected chi connectivity index (χ4v) is 6.39. The second kappa shape index (κ2) is 15.6. The van der Waals surface area contributed by atoms with E-state index in [1.54, 1.807) is 25.7 Å². The maximum atomic E-state index is 14.4. The van der Waals surface area contributed by atoms with Crippen LogP contribution in [0.15, 0.2) is 30.7 Å². The molecule has 12 heteroatoms. The number of methoxy groups -OCH3 is 1. The highest BCUT2D eigenvalue weighted by atomic mass is 79.9. The van der Waals surface area contributed by atoms with Gasteiger partial charge < -0.3 is 24.6 Å². The summed E-state index contributed by atoms with van der Waals surface area (Å²) >= 11 is 3.69. The first-order valence-corrected chi connectivity index (χ1v) is 16.3. The fourth-order valence-electron chi connectivity index (χ4n) is 5.70. The van der Waals surface area contributed by atoms with Crippen LogP contribution in [0.4, 0.5) is 5.82 Å². The number of carbonyl (C=O) groups is 2. The van der Waals surface area contributed by atoms with Gasteiger partial charge in [-0.1, -0.05) is 40.7 Å². The number of anilines is 1. The van der Waals surface area contributed by atoms with Crippen LogP contribution in [0.5, 0.6) is 0 Å². The smallest absolute Gasteiger partial charge is 0.259 e. The van der Waals surface area contributed by atoms with E-state index < -0.39 is 0 Å². The number of carbonyl (C=O) groups excluding carboxylic acids is 2. The quantitative estimate of drug-likeness (QED) is 0.275. The molecule has 0 aliphatic carbocycles. The molecule has 44 heavy (non-hydrogen) atoms. The number of morpholine rings is 1. The molecule has 2 fully saturated rings. The van der Waals surface area contributed by atoms with E-state index in [1.807, 2.05) is 25.9 Å². The van der Waals surface area contributed by atoms with Crippen LogP contribution in [0.2, 0.25) is 0 Å². The fraction of sp³-hybridized carbons (Fsp3) is 0.656. The van der Waals surface area contributed by atoms with Crippen molar-refractivity contribution in [2.45, 2.75) is 65.0 Å². The summed E-state index contributed by atoms with van der Waals surface area (Å²) in [6, 6.07) is 3.69. The number of nitrogens with zero attached hydrogens (tertiary/aromatic N) is 6. The molecule has 4 rings (SSSR count). The third kappa shape index (κ3) is 8.95. The Morgan fingerprint density at radius 3 is 2.70 bits per heavy atom. The van der Waals surface area contributed by atoms with Crippen LogP contribution in [0.1, 0.15) is 75.3 Å². The highest BCUT2D eigenvalue weighted by molar-refractivity contribution is 9.07. The van der Waals surface area contributed by atoms with Gasteiger partial charge in [0.2, 0.25) is 5.91 Å². The van der Waals surface area contributed by atoms with Crippen molar-refractivity contribution in [1.82, 2.24) is 28.7 Å². The summed E-state index contributed by atoms with van der Waals surface area (Å²) < 4.78 is 13.2. The van der Waals surface area contributed by atoms with Crippen LogP contribution in [0, 0.1) is 11.8 Å². The van der Waals surface area contributed by atoms with Crippen LogP contribution in [0.25, 0.3) is 0 Å². The highest BCUT2D eigenvalue weighted by Gasteiger charge is 2.39. The topological polar surface area (TPSA) is 113 Å². The van der Waals surface area contributed by atoms with Crippen molar-refractivity contribution in [3.05, 3.63) is 47.7 Å². The number of piperidine rings is 1. The van der Waals surface area contributed by atoms with Crippen molar-refractivity contribution in [3.63, 3.8) is 0 Å². The molecule has 0 radical (unpaired) electrons. The lowest BCUT2D eigenvalue weighted by atomic mass is 9.92. The highest BCUT2D eigenvalue weighted by Crippen LogP contribution is 2.30. The number of rotatable bonds is 11. The molecule has 1 unspecified atom stereocenters. The SMILES string of the molecule is COCCCNc1nc(C(C)(C)C)ncc1C(=O)N(CC(C)C)[C@H]1C[C@@H](C(=O)N2CCOC(c3cccnc3)C2)CN(Br)C1. The molecule has 1 N–H and O–H groups in total. The summed E-state index contributed by atoms with van der Waals surface area (Å²) in [5, 5.41) is 3.37. The predicted octanol–water partition coefficient (Wildman–Crippen LogP) is 4.32.